The Morgan fingerprint density at radius 2 is 2.28 bits per heavy atom. The van der Waals surface area contributed by atoms with Gasteiger partial charge >= 0.3 is 0 Å². The molecule has 0 amide bonds. The highest BCUT2D eigenvalue weighted by Gasteiger charge is 2.24. The van der Waals surface area contributed by atoms with Crippen LogP contribution in [0.15, 0.2) is 47.6 Å². The van der Waals surface area contributed by atoms with Crippen LogP contribution in [0.5, 0.6) is 0 Å². The maximum atomic E-state index is 4.63. The van der Waals surface area contributed by atoms with E-state index in [1.807, 2.05) is 29.3 Å². The monoisotopic (exact) mass is 237 g/mol. The Morgan fingerprint density at radius 3 is 3.22 bits per heavy atom. The van der Waals surface area contributed by atoms with Crippen LogP contribution in [0.25, 0.3) is 11.0 Å². The van der Waals surface area contributed by atoms with Gasteiger partial charge in [0.25, 0.3) is 0 Å². The summed E-state index contributed by atoms with van der Waals surface area (Å²) in [6.45, 7) is 0.892. The first-order chi connectivity index (χ1) is 8.90. The number of nitrogens with one attached hydrogen (secondary N) is 1. The molecule has 88 valence electrons. The van der Waals surface area contributed by atoms with Gasteiger partial charge in [-0.2, -0.15) is 5.10 Å². The van der Waals surface area contributed by atoms with Gasteiger partial charge in [0.15, 0.2) is 0 Å². The number of rotatable bonds is 1. The zero-order chi connectivity index (χ0) is 11.9. The van der Waals surface area contributed by atoms with Crippen LogP contribution in [-0.4, -0.2) is 27.7 Å². The molecule has 18 heavy (non-hydrogen) atoms. The first kappa shape index (κ1) is 9.58. The Labute approximate surface area is 103 Å². The van der Waals surface area contributed by atoms with Crippen LogP contribution < -0.4 is 5.01 Å². The van der Waals surface area contributed by atoms with Crippen LogP contribution in [0.2, 0.25) is 0 Å². The van der Waals surface area contributed by atoms with Gasteiger partial charge < -0.3 is 0 Å². The van der Waals surface area contributed by atoms with Gasteiger partial charge in [0.05, 0.1) is 23.5 Å². The van der Waals surface area contributed by atoms with Gasteiger partial charge in [-0.05, 0) is 24.3 Å². The van der Waals surface area contributed by atoms with Crippen LogP contribution in [0.3, 0.4) is 0 Å². The van der Waals surface area contributed by atoms with Crippen molar-refractivity contribution in [1.82, 2.24) is 15.4 Å². The van der Waals surface area contributed by atoms with Gasteiger partial charge in [0, 0.05) is 5.92 Å². The highest BCUT2D eigenvalue weighted by Crippen LogP contribution is 2.26. The molecule has 0 saturated heterocycles. The summed E-state index contributed by atoms with van der Waals surface area (Å²) < 4.78 is 0. The van der Waals surface area contributed by atoms with Crippen LogP contribution in [-0.2, 0) is 0 Å². The van der Waals surface area contributed by atoms with Crippen molar-refractivity contribution in [2.75, 3.05) is 11.6 Å². The Balaban J connectivity index is 1.73. The maximum Gasteiger partial charge on any atom is 0.113 e. The van der Waals surface area contributed by atoms with Crippen LogP contribution in [0.4, 0.5) is 5.69 Å². The van der Waals surface area contributed by atoms with Crippen LogP contribution in [0, 0.1) is 5.92 Å². The Hall–Kier alpha value is -2.43. The lowest BCUT2D eigenvalue weighted by atomic mass is 10.00. The van der Waals surface area contributed by atoms with Crippen molar-refractivity contribution < 1.29 is 0 Å². The molecule has 1 atom stereocenters. The van der Waals surface area contributed by atoms with Crippen molar-refractivity contribution in [1.29, 1.82) is 0 Å². The first-order valence-corrected chi connectivity index (χ1v) is 5.92. The van der Waals surface area contributed by atoms with Gasteiger partial charge in [-0.1, -0.05) is 23.4 Å². The van der Waals surface area contributed by atoms with E-state index in [4.69, 9.17) is 0 Å². The molecule has 2 aliphatic rings. The summed E-state index contributed by atoms with van der Waals surface area (Å²) in [7, 11) is 0. The normalized spacial score (nSPS) is 21.4. The van der Waals surface area contributed by atoms with E-state index in [2.05, 4.69) is 38.7 Å². The predicted molar refractivity (Wildman–Crippen MR) is 70.4 cm³/mol. The van der Waals surface area contributed by atoms with E-state index in [1.54, 1.807) is 0 Å². The van der Waals surface area contributed by atoms with E-state index in [-0.39, 0.29) is 0 Å². The molecule has 1 aromatic heterocycles. The van der Waals surface area contributed by atoms with Crippen molar-refractivity contribution in [2.24, 2.45) is 11.0 Å². The highest BCUT2D eigenvalue weighted by molar-refractivity contribution is 6.01. The molecule has 1 unspecified atom stereocenters. The lowest BCUT2D eigenvalue weighted by Gasteiger charge is -2.14. The number of fused-ring (bicyclic) bond motifs is 2. The minimum absolute atomic E-state index is 0.408. The molecule has 2 aromatic rings. The van der Waals surface area contributed by atoms with Crippen molar-refractivity contribution in [3.8, 4) is 0 Å². The molecule has 5 heteroatoms. The maximum absolute atomic E-state index is 4.63. The summed E-state index contributed by atoms with van der Waals surface area (Å²) >= 11 is 0. The summed E-state index contributed by atoms with van der Waals surface area (Å²) in [5, 5.41) is 17.3. The number of aromatic nitrogens is 3. The lowest BCUT2D eigenvalue weighted by Crippen LogP contribution is -2.17. The Bertz CT molecular complexity index is 694. The van der Waals surface area contributed by atoms with Gasteiger partial charge in [-0.3, -0.25) is 10.1 Å². The molecule has 0 radical (unpaired) electrons. The van der Waals surface area contributed by atoms with Crippen molar-refractivity contribution >= 4 is 22.4 Å². The minimum atomic E-state index is 0.408. The largest absolute Gasteiger partial charge is 0.264 e. The number of aromatic amines is 1. The van der Waals surface area contributed by atoms with E-state index >= 15 is 0 Å². The molecule has 1 aliphatic carbocycles. The van der Waals surface area contributed by atoms with Gasteiger partial charge in [0.1, 0.15) is 5.52 Å². The molecule has 5 nitrogen and oxygen atoms in total. The summed E-state index contributed by atoms with van der Waals surface area (Å²) in [5.41, 5.74) is 4.01. The number of benzene rings is 1. The molecule has 0 fully saturated rings. The smallest absolute Gasteiger partial charge is 0.113 e. The van der Waals surface area contributed by atoms with E-state index in [9.17, 15) is 0 Å². The number of allylic oxidation sites excluding steroid dienone is 3. The fraction of sp³-hybridized carbons (Fsp3) is 0.154. The Kier molecular flexibility index (Phi) is 1.88. The van der Waals surface area contributed by atoms with Crippen LogP contribution >= 0.6 is 0 Å². The number of hydrogen-bond donors (Lipinski definition) is 1. The number of hydrazone groups is 1. The SMILES string of the molecule is C1=CC2=NN(c3ccc4nn[nH]c4c3)CC2C=C1. The average molecular weight is 237 g/mol. The summed E-state index contributed by atoms with van der Waals surface area (Å²) in [5.74, 6) is 0.408. The predicted octanol–water partition coefficient (Wildman–Crippen LogP) is 1.88. The minimum Gasteiger partial charge on any atom is -0.264 e. The second kappa shape index (κ2) is 3.53. The highest BCUT2D eigenvalue weighted by atomic mass is 15.5. The molecule has 2 heterocycles. The zero-order valence-electron chi connectivity index (χ0n) is 9.61. The van der Waals surface area contributed by atoms with Crippen molar-refractivity contribution in [3.63, 3.8) is 0 Å². The molecule has 1 aliphatic heterocycles. The quantitative estimate of drug-likeness (QED) is 0.823. The molecule has 0 bridgehead atoms. The first-order valence-electron chi connectivity index (χ1n) is 5.92. The fourth-order valence-electron chi connectivity index (χ4n) is 2.36. The third-order valence-electron chi connectivity index (χ3n) is 3.31. The number of anilines is 1. The lowest BCUT2D eigenvalue weighted by molar-refractivity contribution is 0.833. The third kappa shape index (κ3) is 1.37. The topological polar surface area (TPSA) is 57.2 Å². The van der Waals surface area contributed by atoms with Gasteiger partial charge in [-0.25, -0.2) is 0 Å². The van der Waals surface area contributed by atoms with E-state index in [0.29, 0.717) is 5.92 Å². The molecule has 1 N–H and O–H groups in total. The summed E-state index contributed by atoms with van der Waals surface area (Å²) in [4.78, 5) is 0. The number of hydrogen-bond acceptors (Lipinski definition) is 4. The van der Waals surface area contributed by atoms with Crippen LogP contribution in [0.1, 0.15) is 0 Å². The molecular formula is C13H11N5. The van der Waals surface area contributed by atoms with Gasteiger partial charge in [-0.15, -0.1) is 5.10 Å². The molecular weight excluding hydrogens is 226 g/mol. The zero-order valence-corrected chi connectivity index (χ0v) is 9.61. The molecule has 1 aromatic carbocycles. The second-order valence-electron chi connectivity index (χ2n) is 4.47. The standard InChI is InChI=1S/C13H11N5/c1-2-4-11-9(3-1)8-18(16-11)10-5-6-12-13(7-10)15-17-14-12/h1-7,9H,8H2,(H,14,15,17). The van der Waals surface area contributed by atoms with Crippen molar-refractivity contribution in [3.05, 3.63) is 42.5 Å². The van der Waals surface area contributed by atoms with E-state index in [0.717, 1.165) is 29.0 Å². The fourth-order valence-corrected chi connectivity index (χ4v) is 2.36. The third-order valence-corrected chi connectivity index (χ3v) is 3.31. The number of H-pyrrole nitrogens is 1. The number of nitrogens with zero attached hydrogens (tertiary/aromatic N) is 4. The second-order valence-corrected chi connectivity index (χ2v) is 4.47. The Morgan fingerprint density at radius 1 is 1.28 bits per heavy atom. The average Bonchev–Trinajstić information content (AvgIpc) is 3.04. The van der Waals surface area contributed by atoms with E-state index < -0.39 is 0 Å². The van der Waals surface area contributed by atoms with Gasteiger partial charge in [0.2, 0.25) is 0 Å². The summed E-state index contributed by atoms with van der Waals surface area (Å²) in [6.07, 6.45) is 8.37. The molecule has 4 rings (SSSR count). The molecule has 0 saturated carbocycles. The molecule has 0 spiro atoms. The van der Waals surface area contributed by atoms with E-state index in [1.165, 1.54) is 0 Å². The summed E-state index contributed by atoms with van der Waals surface area (Å²) in [6, 6.07) is 6.02. The van der Waals surface area contributed by atoms with Crippen molar-refractivity contribution in [2.45, 2.75) is 0 Å².